The van der Waals surface area contributed by atoms with Gasteiger partial charge in [0.2, 0.25) is 5.95 Å². The number of morpholine rings is 1. The number of aryl methyl sites for hydroxylation is 1. The molecule has 0 amide bonds. The van der Waals surface area contributed by atoms with Crippen molar-refractivity contribution in [3.63, 3.8) is 0 Å². The van der Waals surface area contributed by atoms with Gasteiger partial charge in [0, 0.05) is 85.3 Å². The SMILES string of the molecule is Cc1cc(-c2ccncc2)ncc1-c1cc2cnc(Nc3ccc(OC4CCCN(C)C4)cc3)nc2n(CCN2CCOCC2)c1=O. The number of likely N-dealkylation sites (tertiary alicyclic amines) is 1. The number of rotatable bonds is 9. The molecule has 2 fully saturated rings. The van der Waals surface area contributed by atoms with Crippen LogP contribution in [0.1, 0.15) is 18.4 Å². The molecule has 0 bridgehead atoms. The first-order valence-electron chi connectivity index (χ1n) is 16.3. The summed E-state index contributed by atoms with van der Waals surface area (Å²) in [5.41, 5.74) is 5.47. The maximum Gasteiger partial charge on any atom is 0.260 e. The highest BCUT2D eigenvalue weighted by Gasteiger charge is 2.20. The van der Waals surface area contributed by atoms with Crippen LogP contribution in [0, 0.1) is 6.92 Å². The number of piperidine rings is 1. The van der Waals surface area contributed by atoms with Crippen LogP contribution in [-0.4, -0.2) is 93.4 Å². The van der Waals surface area contributed by atoms with Crippen LogP contribution in [0.4, 0.5) is 11.6 Å². The molecule has 47 heavy (non-hydrogen) atoms. The number of likely N-dealkylation sites (N-methyl/N-ethyl adjacent to an activating group) is 1. The van der Waals surface area contributed by atoms with Crippen molar-refractivity contribution in [1.29, 1.82) is 0 Å². The molecule has 0 radical (unpaired) electrons. The number of benzene rings is 1. The molecule has 1 atom stereocenters. The molecule has 242 valence electrons. The predicted octanol–water partition coefficient (Wildman–Crippen LogP) is 4.77. The highest BCUT2D eigenvalue weighted by Crippen LogP contribution is 2.27. The Labute approximate surface area is 274 Å². The number of pyridine rings is 3. The smallest absolute Gasteiger partial charge is 0.260 e. The summed E-state index contributed by atoms with van der Waals surface area (Å²) in [6, 6.07) is 15.6. The first-order valence-corrected chi connectivity index (χ1v) is 16.3. The second kappa shape index (κ2) is 14.0. The molecular formula is C36H40N8O3. The van der Waals surface area contributed by atoms with Crippen molar-refractivity contribution >= 4 is 22.7 Å². The lowest BCUT2D eigenvalue weighted by Crippen LogP contribution is -2.39. The predicted molar refractivity (Wildman–Crippen MR) is 183 cm³/mol. The molecule has 2 saturated heterocycles. The second-order valence-corrected chi connectivity index (χ2v) is 12.4. The summed E-state index contributed by atoms with van der Waals surface area (Å²) >= 11 is 0. The third-order valence-corrected chi connectivity index (χ3v) is 8.94. The minimum atomic E-state index is -0.105. The van der Waals surface area contributed by atoms with Crippen molar-refractivity contribution in [3.8, 4) is 28.1 Å². The molecule has 1 unspecified atom stereocenters. The van der Waals surface area contributed by atoms with Crippen LogP contribution in [0.2, 0.25) is 0 Å². The van der Waals surface area contributed by atoms with Crippen LogP contribution in [0.25, 0.3) is 33.4 Å². The highest BCUT2D eigenvalue weighted by molar-refractivity contribution is 5.83. The zero-order valence-corrected chi connectivity index (χ0v) is 26.9. The summed E-state index contributed by atoms with van der Waals surface area (Å²) in [5.74, 6) is 1.27. The third kappa shape index (κ3) is 7.17. The summed E-state index contributed by atoms with van der Waals surface area (Å²) in [4.78, 5) is 37.2. The number of fused-ring (bicyclic) bond motifs is 1. The average Bonchev–Trinajstić information content (AvgIpc) is 3.10. The Morgan fingerprint density at radius 1 is 0.957 bits per heavy atom. The van der Waals surface area contributed by atoms with Crippen LogP contribution in [0.5, 0.6) is 5.75 Å². The molecule has 0 aliphatic carbocycles. The molecule has 11 nitrogen and oxygen atoms in total. The quantitative estimate of drug-likeness (QED) is 0.244. The fourth-order valence-electron chi connectivity index (χ4n) is 6.36. The minimum absolute atomic E-state index is 0.105. The maximum absolute atomic E-state index is 14.2. The van der Waals surface area contributed by atoms with Gasteiger partial charge in [-0.25, -0.2) is 4.98 Å². The molecule has 6 heterocycles. The van der Waals surface area contributed by atoms with Gasteiger partial charge >= 0.3 is 0 Å². The summed E-state index contributed by atoms with van der Waals surface area (Å²) < 4.78 is 13.5. The van der Waals surface area contributed by atoms with E-state index in [0.717, 1.165) is 78.2 Å². The first-order chi connectivity index (χ1) is 23.0. The van der Waals surface area contributed by atoms with Gasteiger partial charge in [0.15, 0.2) is 0 Å². The van der Waals surface area contributed by atoms with E-state index < -0.39 is 0 Å². The second-order valence-electron chi connectivity index (χ2n) is 12.4. The number of hydrogen-bond donors (Lipinski definition) is 1. The van der Waals surface area contributed by atoms with Gasteiger partial charge in [-0.05, 0) is 87.5 Å². The van der Waals surface area contributed by atoms with E-state index in [2.05, 4.69) is 32.1 Å². The largest absolute Gasteiger partial charge is 0.489 e. The molecular weight excluding hydrogens is 592 g/mol. The normalized spacial score (nSPS) is 17.5. The van der Waals surface area contributed by atoms with Crippen molar-refractivity contribution in [2.24, 2.45) is 0 Å². The monoisotopic (exact) mass is 632 g/mol. The maximum atomic E-state index is 14.2. The lowest BCUT2D eigenvalue weighted by molar-refractivity contribution is 0.0364. The van der Waals surface area contributed by atoms with E-state index >= 15 is 0 Å². The molecule has 7 rings (SSSR count). The molecule has 2 aliphatic rings. The van der Waals surface area contributed by atoms with Gasteiger partial charge in [0.05, 0.1) is 18.9 Å². The number of nitrogens with one attached hydrogen (secondary N) is 1. The van der Waals surface area contributed by atoms with E-state index in [1.54, 1.807) is 29.4 Å². The van der Waals surface area contributed by atoms with Gasteiger partial charge < -0.3 is 19.7 Å². The van der Waals surface area contributed by atoms with E-state index in [-0.39, 0.29) is 11.7 Å². The summed E-state index contributed by atoms with van der Waals surface area (Å²) in [6.07, 6.45) is 9.49. The van der Waals surface area contributed by atoms with E-state index in [1.165, 1.54) is 0 Å². The fraction of sp³-hybridized carbons (Fsp3) is 0.361. The molecule has 5 aromatic rings. The van der Waals surface area contributed by atoms with Crippen LogP contribution < -0.4 is 15.6 Å². The molecule has 0 saturated carbocycles. The lowest BCUT2D eigenvalue weighted by Gasteiger charge is -2.30. The number of aromatic nitrogens is 5. The van der Waals surface area contributed by atoms with Gasteiger partial charge in [-0.15, -0.1) is 0 Å². The Morgan fingerprint density at radius 3 is 2.53 bits per heavy atom. The number of nitrogens with zero attached hydrogens (tertiary/aromatic N) is 7. The van der Waals surface area contributed by atoms with Crippen LogP contribution in [-0.2, 0) is 11.3 Å². The summed E-state index contributed by atoms with van der Waals surface area (Å²) in [6.45, 7) is 8.34. The average molecular weight is 633 g/mol. The van der Waals surface area contributed by atoms with Crippen molar-refractivity contribution in [2.45, 2.75) is 32.4 Å². The standard InChI is InChI=1S/C36H40N8O3/c1-25-20-33(26-9-11-37-12-10-26)38-23-32(25)31-21-27-22-39-36(41-34(27)44(35(31)45)15-14-43-16-18-46-19-17-43)40-28-5-7-29(8-6-28)47-30-4-3-13-42(2)24-30/h5-12,20-23,30H,3-4,13-19,24H2,1-2H3,(H,39,40,41). The summed E-state index contributed by atoms with van der Waals surface area (Å²) in [7, 11) is 2.13. The van der Waals surface area contributed by atoms with Gasteiger partial charge in [-0.2, -0.15) is 4.98 Å². The molecule has 1 aromatic carbocycles. The zero-order chi connectivity index (χ0) is 32.2. The van der Waals surface area contributed by atoms with E-state index in [0.29, 0.717) is 43.5 Å². The Kier molecular flexibility index (Phi) is 9.18. The van der Waals surface area contributed by atoms with Gasteiger partial charge in [0.1, 0.15) is 17.5 Å². The third-order valence-electron chi connectivity index (χ3n) is 8.94. The Balaban J connectivity index is 1.18. The number of anilines is 2. The summed E-state index contributed by atoms with van der Waals surface area (Å²) in [5, 5.41) is 4.10. The van der Waals surface area contributed by atoms with E-state index in [9.17, 15) is 4.79 Å². The minimum Gasteiger partial charge on any atom is -0.489 e. The first kappa shape index (κ1) is 30.9. The zero-order valence-electron chi connectivity index (χ0n) is 26.9. The molecule has 2 aliphatic heterocycles. The van der Waals surface area contributed by atoms with Crippen LogP contribution in [0.15, 0.2) is 78.1 Å². The lowest BCUT2D eigenvalue weighted by atomic mass is 10.0. The van der Waals surface area contributed by atoms with Gasteiger partial charge in [-0.3, -0.25) is 24.2 Å². The Bertz CT molecular complexity index is 1890. The topological polar surface area (TPSA) is 111 Å². The van der Waals surface area contributed by atoms with Crippen LogP contribution in [0.3, 0.4) is 0 Å². The fourth-order valence-corrected chi connectivity index (χ4v) is 6.36. The van der Waals surface area contributed by atoms with Crippen molar-refractivity contribution in [1.82, 2.24) is 34.3 Å². The van der Waals surface area contributed by atoms with Gasteiger partial charge in [0.25, 0.3) is 5.56 Å². The van der Waals surface area contributed by atoms with E-state index in [4.69, 9.17) is 19.4 Å². The van der Waals surface area contributed by atoms with Crippen molar-refractivity contribution in [2.75, 3.05) is 58.3 Å². The Morgan fingerprint density at radius 2 is 1.77 bits per heavy atom. The molecule has 4 aromatic heterocycles. The Hall–Kier alpha value is -4.71. The molecule has 0 spiro atoms. The molecule has 1 N–H and O–H groups in total. The van der Waals surface area contributed by atoms with E-state index in [1.807, 2.05) is 55.5 Å². The number of ether oxygens (including phenoxy) is 2. The molecule has 11 heteroatoms. The van der Waals surface area contributed by atoms with Crippen molar-refractivity contribution < 1.29 is 9.47 Å². The van der Waals surface area contributed by atoms with Crippen molar-refractivity contribution in [3.05, 3.63) is 89.2 Å². The van der Waals surface area contributed by atoms with Gasteiger partial charge in [-0.1, -0.05) is 0 Å². The highest BCUT2D eigenvalue weighted by atomic mass is 16.5. The number of hydrogen-bond acceptors (Lipinski definition) is 10. The van der Waals surface area contributed by atoms with Crippen LogP contribution >= 0.6 is 0 Å².